The minimum Gasteiger partial charge on any atom is -0.327 e. The van der Waals surface area contributed by atoms with Gasteiger partial charge >= 0.3 is 0 Å². The van der Waals surface area contributed by atoms with Crippen LogP contribution in [0.1, 0.15) is 73.0 Å². The minimum absolute atomic E-state index is 0.0451. The third kappa shape index (κ3) is 3.17. The van der Waals surface area contributed by atoms with Crippen molar-refractivity contribution in [2.75, 3.05) is 6.54 Å². The van der Waals surface area contributed by atoms with E-state index < -0.39 is 0 Å². The van der Waals surface area contributed by atoms with Crippen molar-refractivity contribution in [3.8, 4) is 0 Å². The molecule has 2 aromatic rings. The fraction of sp³-hybridized carbons (Fsp3) is 0.706. The van der Waals surface area contributed by atoms with E-state index in [1.54, 1.807) is 0 Å². The van der Waals surface area contributed by atoms with E-state index in [-0.39, 0.29) is 11.9 Å². The average Bonchev–Trinajstić information content (AvgIpc) is 3.38. The monoisotopic (exact) mass is 343 g/mol. The number of carbonyl (C=O) groups is 1. The summed E-state index contributed by atoms with van der Waals surface area (Å²) in [5.41, 5.74) is 1.35. The summed E-state index contributed by atoms with van der Waals surface area (Å²) in [6.45, 7) is 3.55. The summed E-state index contributed by atoms with van der Waals surface area (Å²) in [6.07, 6.45) is 9.60. The van der Waals surface area contributed by atoms with E-state index in [0.29, 0.717) is 11.6 Å². The summed E-state index contributed by atoms with van der Waals surface area (Å²) in [5, 5.41) is 15.3. The molecule has 1 aliphatic heterocycles. The molecule has 1 amide bonds. The largest absolute Gasteiger partial charge is 0.327 e. The number of H-pyrrole nitrogens is 1. The maximum Gasteiger partial charge on any atom is 0.276 e. The molecule has 8 heteroatoms. The average molecular weight is 343 g/mol. The molecule has 25 heavy (non-hydrogen) atoms. The van der Waals surface area contributed by atoms with Gasteiger partial charge in [0.2, 0.25) is 0 Å². The van der Waals surface area contributed by atoms with Crippen molar-refractivity contribution in [2.24, 2.45) is 5.92 Å². The van der Waals surface area contributed by atoms with Crippen LogP contribution in [0.15, 0.2) is 6.33 Å². The van der Waals surface area contributed by atoms with Crippen molar-refractivity contribution in [2.45, 2.75) is 64.5 Å². The van der Waals surface area contributed by atoms with E-state index in [9.17, 15) is 4.79 Å². The second-order valence-corrected chi connectivity index (χ2v) is 7.24. The molecule has 134 valence electrons. The lowest BCUT2D eigenvalue weighted by Crippen LogP contribution is -2.39. The summed E-state index contributed by atoms with van der Waals surface area (Å²) in [6, 6.07) is -0.0527. The lowest BCUT2D eigenvalue weighted by molar-refractivity contribution is 0.0593. The first-order valence-electron chi connectivity index (χ1n) is 9.30. The lowest BCUT2D eigenvalue weighted by atomic mass is 10.0. The normalized spacial score (nSPS) is 21.8. The van der Waals surface area contributed by atoms with E-state index in [2.05, 4.69) is 25.5 Å². The Labute approximate surface area is 147 Å². The van der Waals surface area contributed by atoms with Gasteiger partial charge in [-0.05, 0) is 44.9 Å². The molecule has 1 aliphatic carbocycles. The molecule has 2 fully saturated rings. The molecule has 0 spiro atoms. The first-order valence-corrected chi connectivity index (χ1v) is 9.30. The second-order valence-electron chi connectivity index (χ2n) is 7.24. The SMILES string of the molecule is Cc1c(C(=O)N2CCCCC2c2ncn[nH]2)nnn1CC1CCCC1. The van der Waals surface area contributed by atoms with Crippen LogP contribution in [0.3, 0.4) is 0 Å². The van der Waals surface area contributed by atoms with Gasteiger partial charge in [0.25, 0.3) is 5.91 Å². The van der Waals surface area contributed by atoms with E-state index in [1.165, 1.54) is 32.0 Å². The third-order valence-corrected chi connectivity index (χ3v) is 5.60. The van der Waals surface area contributed by atoms with Gasteiger partial charge in [0, 0.05) is 13.1 Å². The number of hydrogen-bond donors (Lipinski definition) is 1. The van der Waals surface area contributed by atoms with Gasteiger partial charge in [-0.3, -0.25) is 9.89 Å². The molecule has 2 aromatic heterocycles. The van der Waals surface area contributed by atoms with Crippen molar-refractivity contribution < 1.29 is 4.79 Å². The van der Waals surface area contributed by atoms with Gasteiger partial charge in [-0.1, -0.05) is 18.1 Å². The van der Waals surface area contributed by atoms with E-state index in [0.717, 1.165) is 43.9 Å². The van der Waals surface area contributed by atoms with Gasteiger partial charge in [-0.2, -0.15) is 5.10 Å². The highest BCUT2D eigenvalue weighted by Crippen LogP contribution is 2.30. The molecule has 3 heterocycles. The van der Waals surface area contributed by atoms with Crippen molar-refractivity contribution in [1.29, 1.82) is 0 Å². The maximum atomic E-state index is 13.1. The molecule has 1 saturated heterocycles. The molecule has 0 bridgehead atoms. The third-order valence-electron chi connectivity index (χ3n) is 5.60. The Kier molecular flexibility index (Phi) is 4.50. The van der Waals surface area contributed by atoms with Crippen LogP contribution >= 0.6 is 0 Å². The zero-order valence-electron chi connectivity index (χ0n) is 14.7. The fourth-order valence-corrected chi connectivity index (χ4v) is 4.14. The van der Waals surface area contributed by atoms with Crippen LogP contribution in [0.25, 0.3) is 0 Å². The molecule has 8 nitrogen and oxygen atoms in total. The molecular weight excluding hydrogens is 318 g/mol. The first-order chi connectivity index (χ1) is 12.2. The predicted octanol–water partition coefficient (Wildman–Crippen LogP) is 2.26. The zero-order chi connectivity index (χ0) is 17.2. The predicted molar refractivity (Wildman–Crippen MR) is 90.7 cm³/mol. The topological polar surface area (TPSA) is 92.6 Å². The number of aromatic nitrogens is 6. The molecule has 1 unspecified atom stereocenters. The van der Waals surface area contributed by atoms with Crippen LogP contribution in [-0.4, -0.2) is 47.5 Å². The number of rotatable bonds is 4. The van der Waals surface area contributed by atoms with Gasteiger partial charge in [0.05, 0.1) is 11.7 Å². The van der Waals surface area contributed by atoms with E-state index in [1.807, 2.05) is 16.5 Å². The molecule has 1 saturated carbocycles. The molecule has 2 aliphatic rings. The Morgan fingerprint density at radius 3 is 2.80 bits per heavy atom. The van der Waals surface area contributed by atoms with E-state index in [4.69, 9.17) is 0 Å². The number of hydrogen-bond acceptors (Lipinski definition) is 5. The molecule has 1 N–H and O–H groups in total. The minimum atomic E-state index is -0.0527. The molecular formula is C17H25N7O. The number of amides is 1. The lowest BCUT2D eigenvalue weighted by Gasteiger charge is -2.33. The van der Waals surface area contributed by atoms with Crippen LogP contribution in [0.2, 0.25) is 0 Å². The van der Waals surface area contributed by atoms with Crippen LogP contribution in [0.4, 0.5) is 0 Å². The number of nitrogens with one attached hydrogen (secondary N) is 1. The smallest absolute Gasteiger partial charge is 0.276 e. The standard InChI is InChI=1S/C17H25N7O/c1-12-15(20-22-24(12)10-13-6-2-3-7-13)17(25)23-9-5-4-8-14(23)16-18-11-19-21-16/h11,13-14H,2-10H2,1H3,(H,18,19,21). The Morgan fingerprint density at radius 1 is 1.24 bits per heavy atom. The number of aromatic amines is 1. The molecule has 0 radical (unpaired) electrons. The number of nitrogens with zero attached hydrogens (tertiary/aromatic N) is 6. The zero-order valence-corrected chi connectivity index (χ0v) is 14.7. The summed E-state index contributed by atoms with van der Waals surface area (Å²) < 4.78 is 1.91. The number of piperidine rings is 1. The summed E-state index contributed by atoms with van der Waals surface area (Å²) >= 11 is 0. The fourth-order valence-electron chi connectivity index (χ4n) is 4.14. The van der Waals surface area contributed by atoms with Gasteiger partial charge in [-0.15, -0.1) is 5.10 Å². The van der Waals surface area contributed by atoms with Crippen LogP contribution in [0, 0.1) is 12.8 Å². The van der Waals surface area contributed by atoms with Crippen LogP contribution < -0.4 is 0 Å². The van der Waals surface area contributed by atoms with Gasteiger partial charge in [0.1, 0.15) is 12.2 Å². The number of likely N-dealkylation sites (tertiary alicyclic amines) is 1. The van der Waals surface area contributed by atoms with Crippen LogP contribution in [0.5, 0.6) is 0 Å². The summed E-state index contributed by atoms with van der Waals surface area (Å²) in [4.78, 5) is 19.3. The summed E-state index contributed by atoms with van der Waals surface area (Å²) in [7, 11) is 0. The molecule has 0 aromatic carbocycles. The molecule has 4 rings (SSSR count). The quantitative estimate of drug-likeness (QED) is 0.919. The van der Waals surface area contributed by atoms with Crippen LogP contribution in [-0.2, 0) is 6.54 Å². The van der Waals surface area contributed by atoms with Crippen molar-refractivity contribution >= 4 is 5.91 Å². The Balaban J connectivity index is 1.54. The van der Waals surface area contributed by atoms with Gasteiger partial charge in [0.15, 0.2) is 5.69 Å². The Morgan fingerprint density at radius 2 is 2.04 bits per heavy atom. The first kappa shape index (κ1) is 16.2. The van der Waals surface area contributed by atoms with Crippen molar-refractivity contribution in [3.63, 3.8) is 0 Å². The number of carbonyl (C=O) groups excluding carboxylic acids is 1. The van der Waals surface area contributed by atoms with Crippen molar-refractivity contribution in [3.05, 3.63) is 23.5 Å². The van der Waals surface area contributed by atoms with E-state index >= 15 is 0 Å². The summed E-state index contributed by atoms with van der Waals surface area (Å²) in [5.74, 6) is 1.38. The Bertz CT molecular complexity index is 717. The highest BCUT2D eigenvalue weighted by atomic mass is 16.2. The highest BCUT2D eigenvalue weighted by molar-refractivity contribution is 5.93. The maximum absolute atomic E-state index is 13.1. The molecule has 1 atom stereocenters. The second kappa shape index (κ2) is 6.93. The Hall–Kier alpha value is -2.25. The highest BCUT2D eigenvalue weighted by Gasteiger charge is 2.33. The van der Waals surface area contributed by atoms with Crippen molar-refractivity contribution in [1.82, 2.24) is 35.1 Å². The van der Waals surface area contributed by atoms with Gasteiger partial charge < -0.3 is 4.90 Å². The van der Waals surface area contributed by atoms with Gasteiger partial charge in [-0.25, -0.2) is 9.67 Å².